The fraction of sp³-hybridized carbons (Fsp3) is 0.590. The topological polar surface area (TPSA) is 101 Å². The molecular weight excluding hydrogens is 637 g/mol. The Morgan fingerprint density at radius 1 is 1.02 bits per heavy atom. The number of benzene rings is 1. The van der Waals surface area contributed by atoms with Crippen molar-refractivity contribution in [2.45, 2.75) is 107 Å². The van der Waals surface area contributed by atoms with Crippen LogP contribution in [0.2, 0.25) is 0 Å². The number of nitrogens with one attached hydrogen (secondary N) is 1. The van der Waals surface area contributed by atoms with Crippen molar-refractivity contribution in [3.8, 4) is 5.75 Å². The van der Waals surface area contributed by atoms with Crippen molar-refractivity contribution in [3.05, 3.63) is 63.9 Å². The van der Waals surface area contributed by atoms with Crippen molar-refractivity contribution in [1.29, 1.82) is 0 Å². The zero-order valence-corrected chi connectivity index (χ0v) is 30.2. The van der Waals surface area contributed by atoms with E-state index < -0.39 is 21.2 Å². The van der Waals surface area contributed by atoms with Gasteiger partial charge in [0, 0.05) is 42.2 Å². The molecule has 1 aromatic carbocycles. The number of fused-ring (bicyclic) bond motifs is 6. The van der Waals surface area contributed by atoms with Gasteiger partial charge in [-0.2, -0.15) is 0 Å². The number of ether oxygens (including phenoxy) is 1. The number of rotatable bonds is 6. The summed E-state index contributed by atoms with van der Waals surface area (Å²) in [6, 6.07) is 6.56. The van der Waals surface area contributed by atoms with Crippen LogP contribution in [0.25, 0.3) is 10.9 Å². The van der Waals surface area contributed by atoms with Gasteiger partial charge in [0.05, 0.1) is 29.4 Å². The van der Waals surface area contributed by atoms with Crippen LogP contribution >= 0.6 is 0 Å². The van der Waals surface area contributed by atoms with Gasteiger partial charge in [0.15, 0.2) is 0 Å². The van der Waals surface area contributed by atoms with E-state index in [0.717, 1.165) is 84.4 Å². The van der Waals surface area contributed by atoms with Crippen LogP contribution in [0.1, 0.15) is 101 Å². The van der Waals surface area contributed by atoms with Crippen LogP contribution in [0.15, 0.2) is 52.6 Å². The molecule has 4 heterocycles. The highest BCUT2D eigenvalue weighted by molar-refractivity contribution is 7.90. The molecule has 1 saturated carbocycles. The van der Waals surface area contributed by atoms with Crippen LogP contribution in [0.4, 0.5) is 0 Å². The molecule has 1 unspecified atom stereocenters. The summed E-state index contributed by atoms with van der Waals surface area (Å²) in [5, 5.41) is 0.314. The standard InChI is InChI=1S/C39H50N4O5S/c1-24(2)49(46,47)40-37(44)35-30-23-43-31(22-29-32(48-4)15-14-26(36(29)43)25-10-6-5-7-11-25)33-27(34(30)35)12-8-13-28(33)38(45)42-20-17-39(18-21-42)16-9-19-41(39)3/h8,12,14-15,22,24-25,28,33H,5-7,9-11,13,16-21,23H2,1-4H3,(H,40,44)/t28-,33?/m1/s1. The molecule has 1 spiro atoms. The summed E-state index contributed by atoms with van der Waals surface area (Å²) in [6.45, 7) is 6.24. The first kappa shape index (κ1) is 32.8. The quantitative estimate of drug-likeness (QED) is 0.405. The Morgan fingerprint density at radius 3 is 2.45 bits per heavy atom. The minimum Gasteiger partial charge on any atom is -0.496 e. The first-order chi connectivity index (χ1) is 23.5. The Balaban J connectivity index is 1.24. The van der Waals surface area contributed by atoms with Crippen LogP contribution in [0.5, 0.6) is 5.75 Å². The number of amides is 2. The minimum atomic E-state index is -3.81. The molecule has 2 amide bonds. The smallest absolute Gasteiger partial charge is 0.265 e. The predicted molar refractivity (Wildman–Crippen MR) is 191 cm³/mol. The second-order valence-electron chi connectivity index (χ2n) is 15.6. The highest BCUT2D eigenvalue weighted by Crippen LogP contribution is 2.55. The van der Waals surface area contributed by atoms with Crippen LogP contribution in [0, 0.1) is 5.92 Å². The summed E-state index contributed by atoms with van der Waals surface area (Å²) in [6.07, 6.45) is 15.2. The number of aromatic nitrogens is 1. The molecule has 3 aliphatic carbocycles. The number of carbonyl (C=O) groups excluding carboxylic acids is 2. The zero-order chi connectivity index (χ0) is 34.2. The van der Waals surface area contributed by atoms with Crippen molar-refractivity contribution in [3.63, 3.8) is 0 Å². The number of likely N-dealkylation sites (tertiary alicyclic amines) is 2. The highest BCUT2D eigenvalue weighted by atomic mass is 32.2. The van der Waals surface area contributed by atoms with E-state index in [9.17, 15) is 18.0 Å². The Bertz CT molecular complexity index is 1920. The molecule has 3 aliphatic heterocycles. The largest absolute Gasteiger partial charge is 0.496 e. The molecule has 0 radical (unpaired) electrons. The number of hydrogen-bond donors (Lipinski definition) is 1. The maximum Gasteiger partial charge on any atom is 0.265 e. The van der Waals surface area contributed by atoms with Gasteiger partial charge in [0.2, 0.25) is 15.9 Å². The third-order valence-electron chi connectivity index (χ3n) is 12.8. The maximum atomic E-state index is 14.7. The molecule has 1 N–H and O–H groups in total. The van der Waals surface area contributed by atoms with Gasteiger partial charge in [0.25, 0.3) is 5.91 Å². The number of allylic oxidation sites excluding steroid dienone is 4. The molecule has 2 saturated heterocycles. The number of nitrogens with zero attached hydrogens (tertiary/aromatic N) is 3. The van der Waals surface area contributed by atoms with E-state index >= 15 is 0 Å². The van der Waals surface area contributed by atoms with E-state index in [1.54, 1.807) is 21.0 Å². The summed E-state index contributed by atoms with van der Waals surface area (Å²) in [5.41, 5.74) is 6.84. The van der Waals surface area contributed by atoms with Crippen molar-refractivity contribution >= 4 is 32.7 Å². The lowest BCUT2D eigenvalue weighted by molar-refractivity contribution is -0.138. The molecule has 2 atom stereocenters. The average molecular weight is 687 g/mol. The Kier molecular flexibility index (Phi) is 8.13. The SMILES string of the molecule is COc1ccc(C2CCCCC2)c2c1cc1n2CC2=C(C(=O)NS(=O)(=O)C(C)C)C2=C2C=CC[C@@H](C(=O)N3CCC4(CCCN4C)CC3)C21. The van der Waals surface area contributed by atoms with Gasteiger partial charge in [0.1, 0.15) is 5.75 Å². The second-order valence-corrected chi connectivity index (χ2v) is 17.9. The van der Waals surface area contributed by atoms with Crippen molar-refractivity contribution in [2.75, 3.05) is 33.8 Å². The number of piperidine rings is 1. The van der Waals surface area contributed by atoms with Crippen LogP contribution in [-0.4, -0.2) is 79.2 Å². The van der Waals surface area contributed by atoms with Gasteiger partial charge in [-0.05, 0) is 113 Å². The first-order valence-corrected chi connectivity index (χ1v) is 20.0. The summed E-state index contributed by atoms with van der Waals surface area (Å²) in [7, 11) is 0.130. The zero-order valence-electron chi connectivity index (χ0n) is 29.4. The van der Waals surface area contributed by atoms with Crippen LogP contribution in [0.3, 0.4) is 0 Å². The van der Waals surface area contributed by atoms with E-state index in [1.165, 1.54) is 37.7 Å². The van der Waals surface area contributed by atoms with Gasteiger partial charge in [-0.1, -0.05) is 37.5 Å². The number of sulfonamides is 1. The minimum absolute atomic E-state index is 0.178. The highest BCUT2D eigenvalue weighted by Gasteiger charge is 2.49. The molecule has 0 bridgehead atoms. The van der Waals surface area contributed by atoms with Crippen LogP contribution < -0.4 is 9.46 Å². The molecule has 2 aromatic rings. The van der Waals surface area contributed by atoms with E-state index in [0.29, 0.717) is 24.5 Å². The number of methoxy groups -OCH3 is 1. The molecular formula is C39H50N4O5S. The van der Waals surface area contributed by atoms with Crippen molar-refractivity contribution < 1.29 is 22.7 Å². The predicted octanol–water partition coefficient (Wildman–Crippen LogP) is 5.92. The van der Waals surface area contributed by atoms with Crippen molar-refractivity contribution in [2.24, 2.45) is 5.92 Å². The van der Waals surface area contributed by atoms with Gasteiger partial charge in [-0.15, -0.1) is 0 Å². The third-order valence-corrected chi connectivity index (χ3v) is 14.5. The molecule has 8 rings (SSSR count). The lowest BCUT2D eigenvalue weighted by atomic mass is 9.75. The molecule has 49 heavy (non-hydrogen) atoms. The molecule has 10 heteroatoms. The second kappa shape index (κ2) is 12.1. The van der Waals surface area contributed by atoms with Gasteiger partial charge in [-0.25, -0.2) is 13.1 Å². The summed E-state index contributed by atoms with van der Waals surface area (Å²) in [4.78, 5) is 33.0. The summed E-state index contributed by atoms with van der Waals surface area (Å²) >= 11 is 0. The van der Waals surface area contributed by atoms with E-state index in [-0.39, 0.29) is 23.3 Å². The van der Waals surface area contributed by atoms with Crippen LogP contribution in [-0.2, 0) is 26.2 Å². The lowest BCUT2D eigenvalue weighted by Crippen LogP contribution is -2.53. The van der Waals surface area contributed by atoms with Gasteiger partial charge >= 0.3 is 0 Å². The maximum absolute atomic E-state index is 14.7. The van der Waals surface area contributed by atoms with E-state index in [4.69, 9.17) is 4.74 Å². The molecule has 1 aromatic heterocycles. The Morgan fingerprint density at radius 2 is 1.78 bits per heavy atom. The Labute approximate surface area is 290 Å². The van der Waals surface area contributed by atoms with E-state index in [1.807, 2.05) is 0 Å². The normalized spacial score (nSPS) is 25.4. The van der Waals surface area contributed by atoms with Gasteiger partial charge < -0.3 is 19.1 Å². The lowest BCUT2D eigenvalue weighted by Gasteiger charge is -2.45. The third kappa shape index (κ3) is 5.31. The summed E-state index contributed by atoms with van der Waals surface area (Å²) < 4.78 is 36.3. The number of hydrogen-bond acceptors (Lipinski definition) is 6. The fourth-order valence-electron chi connectivity index (χ4n) is 9.89. The van der Waals surface area contributed by atoms with E-state index in [2.05, 4.69) is 56.5 Å². The fourth-order valence-corrected chi connectivity index (χ4v) is 10.5. The van der Waals surface area contributed by atoms with Crippen molar-refractivity contribution in [1.82, 2.24) is 19.1 Å². The molecule has 262 valence electrons. The Hall–Kier alpha value is -3.37. The summed E-state index contributed by atoms with van der Waals surface area (Å²) in [5.74, 6) is 0.261. The average Bonchev–Trinajstić information content (AvgIpc) is 3.59. The molecule has 9 nitrogen and oxygen atoms in total. The number of carbonyl (C=O) groups is 2. The first-order valence-electron chi connectivity index (χ1n) is 18.5. The monoisotopic (exact) mass is 686 g/mol. The van der Waals surface area contributed by atoms with Gasteiger partial charge in [-0.3, -0.25) is 9.59 Å². The molecule has 3 fully saturated rings. The molecule has 6 aliphatic rings.